The first-order valence-corrected chi connectivity index (χ1v) is 9.59. The maximum atomic E-state index is 13.9. The summed E-state index contributed by atoms with van der Waals surface area (Å²) in [5.41, 5.74) is 6.14. The zero-order chi connectivity index (χ0) is 22.1. The van der Waals surface area contributed by atoms with Crippen LogP contribution in [0.15, 0.2) is 74.9 Å². The number of halogens is 4. The number of allylic oxidation sites excluding steroid dienone is 7. The standard InChI is InChI=1S/C20H11Cl2F2N5O2/c21-13-4-1-10(7-15(13)23)25-19-20(26-11-2-5-14(22)16(24)8-11)28-18-9-12(29(30)31)3-6-17(18)27-19/h3,6-9H,1,4H2,(H,25,27)(H,26,28). The van der Waals surface area contributed by atoms with E-state index >= 15 is 0 Å². The second-order valence-corrected chi connectivity index (χ2v) is 7.33. The predicted octanol–water partition coefficient (Wildman–Crippen LogP) is 6.09. The fourth-order valence-electron chi connectivity index (χ4n) is 2.85. The van der Waals surface area contributed by atoms with Crippen LogP contribution < -0.4 is 10.6 Å². The number of benzene rings is 1. The second kappa shape index (κ2) is 8.34. The van der Waals surface area contributed by atoms with Gasteiger partial charge in [0.25, 0.3) is 5.69 Å². The molecule has 1 aromatic carbocycles. The van der Waals surface area contributed by atoms with Crippen molar-refractivity contribution >= 4 is 51.6 Å². The molecule has 2 aliphatic carbocycles. The average molecular weight is 462 g/mol. The summed E-state index contributed by atoms with van der Waals surface area (Å²) in [5, 5.41) is 16.8. The van der Waals surface area contributed by atoms with E-state index in [-0.39, 0.29) is 38.6 Å². The molecule has 2 N–H and O–H groups in total. The van der Waals surface area contributed by atoms with Gasteiger partial charge in [0, 0.05) is 23.9 Å². The molecule has 2 aliphatic rings. The van der Waals surface area contributed by atoms with Crippen LogP contribution in [0.25, 0.3) is 11.0 Å². The lowest BCUT2D eigenvalue weighted by Crippen LogP contribution is -2.10. The summed E-state index contributed by atoms with van der Waals surface area (Å²) in [6, 6.07) is 4.01. The summed E-state index contributed by atoms with van der Waals surface area (Å²) in [7, 11) is 0. The van der Waals surface area contributed by atoms with E-state index in [9.17, 15) is 18.9 Å². The summed E-state index contributed by atoms with van der Waals surface area (Å²) in [5.74, 6) is -0.973. The third-order valence-electron chi connectivity index (χ3n) is 4.35. The van der Waals surface area contributed by atoms with Crippen molar-refractivity contribution in [2.45, 2.75) is 12.8 Å². The van der Waals surface area contributed by atoms with E-state index in [1.54, 1.807) is 0 Å². The first kappa shape index (κ1) is 20.8. The number of anilines is 2. The van der Waals surface area contributed by atoms with Crippen LogP contribution in [0.3, 0.4) is 0 Å². The molecule has 156 valence electrons. The summed E-state index contributed by atoms with van der Waals surface area (Å²) >= 11 is 11.4. The minimum absolute atomic E-state index is 0.112. The lowest BCUT2D eigenvalue weighted by atomic mass is 10.1. The number of non-ortho nitro benzene ring substituents is 1. The third kappa shape index (κ3) is 4.50. The highest BCUT2D eigenvalue weighted by Gasteiger charge is 2.18. The van der Waals surface area contributed by atoms with Gasteiger partial charge >= 0.3 is 0 Å². The van der Waals surface area contributed by atoms with Gasteiger partial charge in [-0.3, -0.25) is 10.1 Å². The molecule has 1 aromatic heterocycles. The Morgan fingerprint density at radius 2 is 1.77 bits per heavy atom. The Hall–Kier alpha value is -3.48. The Morgan fingerprint density at radius 1 is 1.03 bits per heavy atom. The van der Waals surface area contributed by atoms with Crippen molar-refractivity contribution in [3.63, 3.8) is 0 Å². The van der Waals surface area contributed by atoms with Crippen LogP contribution in [0.2, 0.25) is 0 Å². The zero-order valence-electron chi connectivity index (χ0n) is 15.5. The molecule has 0 radical (unpaired) electrons. The third-order valence-corrected chi connectivity index (χ3v) is 5.00. The molecule has 2 aromatic rings. The molecule has 4 rings (SSSR count). The normalized spacial score (nSPS) is 15.9. The second-order valence-electron chi connectivity index (χ2n) is 6.49. The van der Waals surface area contributed by atoms with Crippen LogP contribution in [0.4, 0.5) is 26.1 Å². The Morgan fingerprint density at radius 3 is 2.48 bits per heavy atom. The van der Waals surface area contributed by atoms with Crippen molar-refractivity contribution in [1.29, 1.82) is 0 Å². The van der Waals surface area contributed by atoms with Gasteiger partial charge in [0.05, 0.1) is 26.7 Å². The quantitative estimate of drug-likeness (QED) is 0.318. The fourth-order valence-corrected chi connectivity index (χ4v) is 3.10. The van der Waals surface area contributed by atoms with E-state index in [0.717, 1.165) is 6.08 Å². The number of nitrogens with zero attached hydrogens (tertiary/aromatic N) is 3. The fraction of sp³-hybridized carbons (Fsp3) is 0.100. The summed E-state index contributed by atoms with van der Waals surface area (Å²) < 4.78 is 27.7. The van der Waals surface area contributed by atoms with Crippen molar-refractivity contribution in [2.24, 2.45) is 0 Å². The van der Waals surface area contributed by atoms with E-state index in [4.69, 9.17) is 23.2 Å². The molecule has 11 heteroatoms. The number of nitro benzene ring substituents is 1. The van der Waals surface area contributed by atoms with E-state index in [1.165, 1.54) is 24.3 Å². The SMILES string of the molecule is O=[N+]([O-])c1ccc2nc(NC3=CC(F)=C(Cl)CC3)c(NC3=C=C=C(Cl)C(F)=C3)nc2c1. The van der Waals surface area contributed by atoms with Gasteiger partial charge in [-0.15, -0.1) is 0 Å². The number of hydrogen-bond donors (Lipinski definition) is 2. The molecule has 0 unspecified atom stereocenters. The number of nitro groups is 1. The lowest BCUT2D eigenvalue weighted by Gasteiger charge is -2.17. The molecule has 0 atom stereocenters. The van der Waals surface area contributed by atoms with Gasteiger partial charge in [-0.25, -0.2) is 18.7 Å². The largest absolute Gasteiger partial charge is 0.341 e. The summed E-state index contributed by atoms with van der Waals surface area (Å²) in [6.07, 6.45) is 3.08. The molecule has 0 bridgehead atoms. The molecule has 0 amide bonds. The lowest BCUT2D eigenvalue weighted by molar-refractivity contribution is -0.384. The van der Waals surface area contributed by atoms with Crippen LogP contribution in [0, 0.1) is 10.1 Å². The van der Waals surface area contributed by atoms with Crippen molar-refractivity contribution in [1.82, 2.24) is 9.97 Å². The molecule has 0 spiro atoms. The maximum absolute atomic E-state index is 13.9. The van der Waals surface area contributed by atoms with Gasteiger partial charge in [0.1, 0.15) is 10.9 Å². The Labute approximate surface area is 183 Å². The number of hydrogen-bond acceptors (Lipinski definition) is 6. The van der Waals surface area contributed by atoms with Gasteiger partial charge in [0.2, 0.25) is 0 Å². The van der Waals surface area contributed by atoms with Gasteiger partial charge in [0.15, 0.2) is 17.5 Å². The summed E-state index contributed by atoms with van der Waals surface area (Å²) in [4.78, 5) is 19.3. The first-order valence-electron chi connectivity index (χ1n) is 8.84. The highest BCUT2D eigenvalue weighted by atomic mass is 35.5. The van der Waals surface area contributed by atoms with Crippen LogP contribution in [-0.4, -0.2) is 14.9 Å². The molecular weight excluding hydrogens is 451 g/mol. The maximum Gasteiger partial charge on any atom is 0.271 e. The van der Waals surface area contributed by atoms with Crippen LogP contribution >= 0.6 is 23.2 Å². The Kier molecular flexibility index (Phi) is 5.59. The average Bonchev–Trinajstić information content (AvgIpc) is 2.73. The topological polar surface area (TPSA) is 93.0 Å². The highest BCUT2D eigenvalue weighted by molar-refractivity contribution is 6.31. The molecule has 0 saturated heterocycles. The zero-order valence-corrected chi connectivity index (χ0v) is 17.0. The van der Waals surface area contributed by atoms with Gasteiger partial charge in [-0.05, 0) is 36.4 Å². The minimum Gasteiger partial charge on any atom is -0.341 e. The molecule has 1 heterocycles. The molecule has 7 nitrogen and oxygen atoms in total. The van der Waals surface area contributed by atoms with Crippen molar-refractivity contribution < 1.29 is 13.7 Å². The van der Waals surface area contributed by atoms with Crippen LogP contribution in [0.5, 0.6) is 0 Å². The van der Waals surface area contributed by atoms with E-state index in [0.29, 0.717) is 24.1 Å². The molecule has 0 aliphatic heterocycles. The Balaban J connectivity index is 1.80. The van der Waals surface area contributed by atoms with Gasteiger partial charge < -0.3 is 10.6 Å². The predicted molar refractivity (Wildman–Crippen MR) is 114 cm³/mol. The number of fused-ring (bicyclic) bond motifs is 1. The monoisotopic (exact) mass is 461 g/mol. The van der Waals surface area contributed by atoms with Crippen molar-refractivity contribution in [3.8, 4) is 0 Å². The highest BCUT2D eigenvalue weighted by Crippen LogP contribution is 2.31. The number of rotatable bonds is 5. The van der Waals surface area contributed by atoms with E-state index < -0.39 is 16.6 Å². The number of aromatic nitrogens is 2. The molecule has 0 fully saturated rings. The van der Waals surface area contributed by atoms with E-state index in [1.807, 2.05) is 0 Å². The van der Waals surface area contributed by atoms with Crippen molar-refractivity contribution in [2.75, 3.05) is 10.6 Å². The van der Waals surface area contributed by atoms with Crippen molar-refractivity contribution in [3.05, 3.63) is 85.0 Å². The minimum atomic E-state index is -0.723. The molecular formula is C20H11Cl2F2N5O2. The smallest absolute Gasteiger partial charge is 0.271 e. The van der Waals surface area contributed by atoms with Gasteiger partial charge in [-0.1, -0.05) is 23.2 Å². The molecule has 31 heavy (non-hydrogen) atoms. The Bertz CT molecular complexity index is 1340. The molecule has 0 saturated carbocycles. The first-order chi connectivity index (χ1) is 14.8. The summed E-state index contributed by atoms with van der Waals surface area (Å²) in [6.45, 7) is 0. The number of nitrogens with one attached hydrogen (secondary N) is 2. The van der Waals surface area contributed by atoms with Crippen LogP contribution in [0.1, 0.15) is 12.8 Å². The van der Waals surface area contributed by atoms with Crippen LogP contribution in [-0.2, 0) is 0 Å². The van der Waals surface area contributed by atoms with E-state index in [2.05, 4.69) is 32.1 Å². The van der Waals surface area contributed by atoms with Gasteiger partial charge in [-0.2, -0.15) is 0 Å².